The molecule has 3 aromatic rings. The quantitative estimate of drug-likeness (QED) is 0.729. The van der Waals surface area contributed by atoms with Crippen LogP contribution < -0.4 is 0 Å². The molecule has 1 aromatic carbocycles. The van der Waals surface area contributed by atoms with Crippen LogP contribution in [-0.2, 0) is 6.54 Å². The standard InChI is InChI=1S/C13H8BrN3O/c14-13-10-5-9(6-15)1-2-11(10)18-12(13)7-17-4-3-16-8-17/h1-5,8H,7H2. The van der Waals surface area contributed by atoms with Crippen LogP contribution in [0.3, 0.4) is 0 Å². The minimum atomic E-state index is 0.608. The highest BCUT2D eigenvalue weighted by Crippen LogP contribution is 2.32. The summed E-state index contributed by atoms with van der Waals surface area (Å²) in [6, 6.07) is 7.51. The van der Waals surface area contributed by atoms with Gasteiger partial charge >= 0.3 is 0 Å². The molecule has 0 N–H and O–H groups in total. The Labute approximate surface area is 112 Å². The Balaban J connectivity index is 2.09. The Kier molecular flexibility index (Phi) is 2.65. The summed E-state index contributed by atoms with van der Waals surface area (Å²) in [5.74, 6) is 0.818. The maximum absolute atomic E-state index is 8.89. The molecular weight excluding hydrogens is 294 g/mol. The van der Waals surface area contributed by atoms with Crippen LogP contribution >= 0.6 is 15.9 Å². The van der Waals surface area contributed by atoms with Gasteiger partial charge in [-0.1, -0.05) is 0 Å². The highest BCUT2D eigenvalue weighted by Gasteiger charge is 2.12. The first-order chi connectivity index (χ1) is 8.78. The summed E-state index contributed by atoms with van der Waals surface area (Å²) in [7, 11) is 0. The van der Waals surface area contributed by atoms with E-state index in [2.05, 4.69) is 27.0 Å². The van der Waals surface area contributed by atoms with Gasteiger partial charge in [-0.25, -0.2) is 4.98 Å². The SMILES string of the molecule is N#Cc1ccc2oc(Cn3ccnc3)c(Br)c2c1. The van der Waals surface area contributed by atoms with Gasteiger partial charge in [0.15, 0.2) is 0 Å². The minimum absolute atomic E-state index is 0.608. The zero-order valence-corrected chi connectivity index (χ0v) is 10.9. The summed E-state index contributed by atoms with van der Waals surface area (Å²) < 4.78 is 8.58. The van der Waals surface area contributed by atoms with E-state index in [-0.39, 0.29) is 0 Å². The van der Waals surface area contributed by atoms with Gasteiger partial charge in [-0.05, 0) is 34.1 Å². The lowest BCUT2D eigenvalue weighted by atomic mass is 10.2. The number of rotatable bonds is 2. The van der Waals surface area contributed by atoms with Gasteiger partial charge in [-0.3, -0.25) is 0 Å². The fourth-order valence-electron chi connectivity index (χ4n) is 1.84. The second-order valence-corrected chi connectivity index (χ2v) is 4.69. The van der Waals surface area contributed by atoms with Gasteiger partial charge in [0.25, 0.3) is 0 Å². The molecule has 0 aliphatic carbocycles. The number of fused-ring (bicyclic) bond motifs is 1. The van der Waals surface area contributed by atoms with E-state index in [4.69, 9.17) is 9.68 Å². The second kappa shape index (κ2) is 4.31. The van der Waals surface area contributed by atoms with E-state index in [1.54, 1.807) is 18.6 Å². The van der Waals surface area contributed by atoms with Gasteiger partial charge in [0.05, 0.1) is 29.0 Å². The summed E-state index contributed by atoms with van der Waals surface area (Å²) in [6.07, 6.45) is 5.34. The van der Waals surface area contributed by atoms with E-state index in [9.17, 15) is 0 Å². The van der Waals surface area contributed by atoms with Crippen LogP contribution in [0.4, 0.5) is 0 Å². The molecule has 2 aromatic heterocycles. The first kappa shape index (κ1) is 11.1. The van der Waals surface area contributed by atoms with E-state index >= 15 is 0 Å². The van der Waals surface area contributed by atoms with Gasteiger partial charge < -0.3 is 8.98 Å². The lowest BCUT2D eigenvalue weighted by Crippen LogP contribution is -1.94. The Morgan fingerprint density at radius 1 is 1.44 bits per heavy atom. The molecule has 0 unspecified atom stereocenters. The number of benzene rings is 1. The van der Waals surface area contributed by atoms with Crippen molar-refractivity contribution in [2.75, 3.05) is 0 Å². The Bertz CT molecular complexity index is 738. The maximum atomic E-state index is 8.89. The average Bonchev–Trinajstić information content (AvgIpc) is 2.99. The number of nitriles is 1. The van der Waals surface area contributed by atoms with E-state index in [1.807, 2.05) is 22.9 Å². The summed E-state index contributed by atoms with van der Waals surface area (Å²) >= 11 is 3.52. The van der Waals surface area contributed by atoms with Crippen LogP contribution in [0.2, 0.25) is 0 Å². The molecule has 0 atom stereocenters. The lowest BCUT2D eigenvalue weighted by Gasteiger charge is -1.98. The van der Waals surface area contributed by atoms with Crippen molar-refractivity contribution in [1.29, 1.82) is 5.26 Å². The molecular formula is C13H8BrN3O. The van der Waals surface area contributed by atoms with Crippen molar-refractivity contribution < 1.29 is 4.42 Å². The molecule has 0 aliphatic rings. The highest BCUT2D eigenvalue weighted by atomic mass is 79.9. The van der Waals surface area contributed by atoms with Gasteiger partial charge in [0.1, 0.15) is 11.3 Å². The monoisotopic (exact) mass is 301 g/mol. The van der Waals surface area contributed by atoms with Crippen LogP contribution in [-0.4, -0.2) is 9.55 Å². The topological polar surface area (TPSA) is 54.8 Å². The van der Waals surface area contributed by atoms with Gasteiger partial charge in [-0.2, -0.15) is 5.26 Å². The second-order valence-electron chi connectivity index (χ2n) is 3.90. The van der Waals surface area contributed by atoms with Gasteiger partial charge in [0.2, 0.25) is 0 Å². The number of hydrogen-bond acceptors (Lipinski definition) is 3. The van der Waals surface area contributed by atoms with Crippen molar-refractivity contribution in [2.45, 2.75) is 6.54 Å². The van der Waals surface area contributed by atoms with Crippen LogP contribution in [0, 0.1) is 11.3 Å². The summed E-state index contributed by atoms with van der Waals surface area (Å²) in [6.45, 7) is 0.608. The third-order valence-electron chi connectivity index (χ3n) is 2.71. The predicted octanol–water partition coefficient (Wildman–Crippen LogP) is 3.31. The number of furan rings is 1. The van der Waals surface area contributed by atoms with Crippen molar-refractivity contribution in [3.63, 3.8) is 0 Å². The number of nitrogens with zero attached hydrogens (tertiary/aromatic N) is 3. The molecule has 0 fully saturated rings. The Morgan fingerprint density at radius 3 is 3.06 bits per heavy atom. The van der Waals surface area contributed by atoms with Crippen LogP contribution in [0.1, 0.15) is 11.3 Å². The molecule has 0 amide bonds. The molecule has 5 heteroatoms. The average molecular weight is 302 g/mol. The summed E-state index contributed by atoms with van der Waals surface area (Å²) in [4.78, 5) is 3.99. The van der Waals surface area contributed by atoms with E-state index < -0.39 is 0 Å². The number of imidazole rings is 1. The molecule has 0 aliphatic heterocycles. The van der Waals surface area contributed by atoms with Crippen molar-refractivity contribution in [2.24, 2.45) is 0 Å². The van der Waals surface area contributed by atoms with Crippen molar-refractivity contribution >= 4 is 26.9 Å². The van der Waals surface area contributed by atoms with Crippen molar-refractivity contribution in [3.8, 4) is 6.07 Å². The summed E-state index contributed by atoms with van der Waals surface area (Å²) in [5.41, 5.74) is 1.40. The maximum Gasteiger partial charge on any atom is 0.139 e. The minimum Gasteiger partial charge on any atom is -0.458 e. The third-order valence-corrected chi connectivity index (χ3v) is 3.58. The zero-order chi connectivity index (χ0) is 12.5. The number of hydrogen-bond donors (Lipinski definition) is 0. The molecule has 3 rings (SSSR count). The first-order valence-corrected chi connectivity index (χ1v) is 6.14. The summed E-state index contributed by atoms with van der Waals surface area (Å²) in [5, 5.41) is 9.81. The third kappa shape index (κ3) is 1.81. The first-order valence-electron chi connectivity index (χ1n) is 5.34. The molecule has 88 valence electrons. The Hall–Kier alpha value is -2.06. The molecule has 0 saturated carbocycles. The van der Waals surface area contributed by atoms with Gasteiger partial charge in [-0.15, -0.1) is 0 Å². The molecule has 18 heavy (non-hydrogen) atoms. The smallest absolute Gasteiger partial charge is 0.139 e. The zero-order valence-electron chi connectivity index (χ0n) is 9.30. The van der Waals surface area contributed by atoms with E-state index in [1.165, 1.54) is 0 Å². The van der Waals surface area contributed by atoms with Crippen LogP contribution in [0.5, 0.6) is 0 Å². The molecule has 4 nitrogen and oxygen atoms in total. The van der Waals surface area contributed by atoms with Crippen molar-refractivity contribution in [3.05, 3.63) is 52.7 Å². The Morgan fingerprint density at radius 2 is 2.33 bits per heavy atom. The lowest BCUT2D eigenvalue weighted by molar-refractivity contribution is 0.525. The van der Waals surface area contributed by atoms with Crippen LogP contribution in [0.25, 0.3) is 11.0 Å². The predicted molar refractivity (Wildman–Crippen MR) is 70.0 cm³/mol. The fourth-order valence-corrected chi connectivity index (χ4v) is 2.35. The molecule has 0 saturated heterocycles. The molecule has 2 heterocycles. The largest absolute Gasteiger partial charge is 0.458 e. The van der Waals surface area contributed by atoms with Gasteiger partial charge in [0, 0.05) is 17.8 Å². The molecule has 0 radical (unpaired) electrons. The number of aromatic nitrogens is 2. The molecule has 0 spiro atoms. The molecule has 0 bridgehead atoms. The number of halogens is 1. The van der Waals surface area contributed by atoms with Crippen molar-refractivity contribution in [1.82, 2.24) is 9.55 Å². The van der Waals surface area contributed by atoms with E-state index in [0.29, 0.717) is 12.1 Å². The van der Waals surface area contributed by atoms with Crippen LogP contribution in [0.15, 0.2) is 45.8 Å². The normalized spacial score (nSPS) is 10.7. The highest BCUT2D eigenvalue weighted by molar-refractivity contribution is 9.10. The van der Waals surface area contributed by atoms with E-state index in [0.717, 1.165) is 21.2 Å². The fraction of sp³-hybridized carbons (Fsp3) is 0.0769.